The van der Waals surface area contributed by atoms with Crippen LogP contribution in [0.15, 0.2) is 47.1 Å². The molecule has 0 radical (unpaired) electrons. The molecule has 0 aliphatic heterocycles. The van der Waals surface area contributed by atoms with E-state index in [0.29, 0.717) is 10.7 Å². The summed E-state index contributed by atoms with van der Waals surface area (Å²) in [5.41, 5.74) is 1.26. The van der Waals surface area contributed by atoms with Crippen molar-refractivity contribution in [3.63, 3.8) is 0 Å². The lowest BCUT2D eigenvalue weighted by atomic mass is 10.1. The molecule has 0 bridgehead atoms. The number of benzene rings is 1. The number of halogens is 2. The Morgan fingerprint density at radius 3 is 2.68 bits per heavy atom. The number of carbonyl (C=O) groups excluding carboxylic acids is 1. The molecule has 1 aromatic heterocycles. The monoisotopic (exact) mass is 338 g/mol. The first-order chi connectivity index (χ1) is 9.08. The van der Waals surface area contributed by atoms with Crippen molar-refractivity contribution in [3.8, 4) is 0 Å². The Morgan fingerprint density at radius 1 is 1.32 bits per heavy atom. The zero-order valence-corrected chi connectivity index (χ0v) is 12.6. The molecule has 0 aliphatic rings. The number of hydrogen-bond donors (Lipinski definition) is 1. The van der Waals surface area contributed by atoms with E-state index in [-0.39, 0.29) is 11.9 Å². The van der Waals surface area contributed by atoms with E-state index in [2.05, 4.69) is 26.2 Å². The van der Waals surface area contributed by atoms with E-state index in [9.17, 15) is 4.79 Å². The lowest BCUT2D eigenvalue weighted by Gasteiger charge is -2.15. The third-order valence-electron chi connectivity index (χ3n) is 2.68. The second-order valence-electron chi connectivity index (χ2n) is 4.08. The normalized spacial score (nSPS) is 11.9. The van der Waals surface area contributed by atoms with Crippen molar-refractivity contribution in [2.24, 2.45) is 0 Å². The molecule has 1 amide bonds. The molecule has 2 rings (SSSR count). The largest absolute Gasteiger partial charge is 0.344 e. The molecule has 1 aromatic carbocycles. The van der Waals surface area contributed by atoms with Crippen molar-refractivity contribution in [3.05, 3.63) is 63.3 Å². The van der Waals surface area contributed by atoms with Gasteiger partial charge in [-0.25, -0.2) is 4.98 Å². The minimum atomic E-state index is -0.222. The maximum absolute atomic E-state index is 12.0. The first kappa shape index (κ1) is 14.0. The summed E-state index contributed by atoms with van der Waals surface area (Å²) < 4.78 is 0.836. The Kier molecular flexibility index (Phi) is 4.56. The zero-order valence-electron chi connectivity index (χ0n) is 10.2. The zero-order chi connectivity index (χ0) is 13.8. The molecule has 1 N–H and O–H groups in total. The number of pyridine rings is 1. The number of hydrogen-bond acceptors (Lipinski definition) is 2. The molecular weight excluding hydrogens is 328 g/mol. The van der Waals surface area contributed by atoms with Crippen LogP contribution >= 0.6 is 27.5 Å². The summed E-state index contributed by atoms with van der Waals surface area (Å²) in [6, 6.07) is 10.7. The highest BCUT2D eigenvalue weighted by molar-refractivity contribution is 9.10. The van der Waals surface area contributed by atoms with Crippen LogP contribution in [-0.4, -0.2) is 10.9 Å². The van der Waals surface area contributed by atoms with Crippen molar-refractivity contribution in [2.75, 3.05) is 0 Å². The van der Waals surface area contributed by atoms with Crippen molar-refractivity contribution >= 4 is 33.4 Å². The molecule has 2 aromatic rings. The minimum Gasteiger partial charge on any atom is -0.344 e. The van der Waals surface area contributed by atoms with Crippen molar-refractivity contribution in [2.45, 2.75) is 13.0 Å². The number of nitrogens with zero attached hydrogens (tertiary/aromatic N) is 1. The number of carbonyl (C=O) groups is 1. The third kappa shape index (κ3) is 3.55. The summed E-state index contributed by atoms with van der Waals surface area (Å²) in [6.07, 6.45) is 1.59. The van der Waals surface area contributed by atoms with Gasteiger partial charge in [-0.3, -0.25) is 4.79 Å². The van der Waals surface area contributed by atoms with Crippen LogP contribution in [0.3, 0.4) is 0 Å². The van der Waals surface area contributed by atoms with E-state index in [4.69, 9.17) is 11.6 Å². The number of rotatable bonds is 3. The lowest BCUT2D eigenvalue weighted by Crippen LogP contribution is -2.27. The highest BCUT2D eigenvalue weighted by Crippen LogP contribution is 2.22. The molecule has 1 atom stereocenters. The quantitative estimate of drug-likeness (QED) is 0.918. The number of nitrogens with one attached hydrogen (secondary N) is 1. The summed E-state index contributed by atoms with van der Waals surface area (Å²) in [6.45, 7) is 1.89. The predicted octanol–water partition coefficient (Wildman–Crippen LogP) is 3.99. The highest BCUT2D eigenvalue weighted by Gasteiger charge is 2.14. The van der Waals surface area contributed by atoms with Crippen LogP contribution in [0.1, 0.15) is 29.0 Å². The summed E-state index contributed by atoms with van der Waals surface area (Å²) in [7, 11) is 0. The van der Waals surface area contributed by atoms with Gasteiger partial charge in [0.05, 0.1) is 6.04 Å². The van der Waals surface area contributed by atoms with Crippen molar-refractivity contribution in [1.29, 1.82) is 0 Å². The average Bonchev–Trinajstić information content (AvgIpc) is 2.39. The van der Waals surface area contributed by atoms with Gasteiger partial charge in [-0.2, -0.15) is 0 Å². The molecule has 1 unspecified atom stereocenters. The Bertz CT molecular complexity index is 586. The smallest absolute Gasteiger partial charge is 0.270 e. The van der Waals surface area contributed by atoms with Gasteiger partial charge in [0, 0.05) is 15.7 Å². The van der Waals surface area contributed by atoms with Crippen LogP contribution in [0, 0.1) is 0 Å². The molecule has 0 aliphatic carbocycles. The molecule has 0 saturated carbocycles. The Hall–Kier alpha value is -1.39. The maximum Gasteiger partial charge on any atom is 0.270 e. The second kappa shape index (κ2) is 6.17. The molecule has 0 fully saturated rings. The van der Waals surface area contributed by atoms with Gasteiger partial charge >= 0.3 is 0 Å². The van der Waals surface area contributed by atoms with Crippen LogP contribution in [0.25, 0.3) is 0 Å². The van der Waals surface area contributed by atoms with E-state index in [0.717, 1.165) is 10.0 Å². The van der Waals surface area contributed by atoms with Crippen LogP contribution < -0.4 is 5.32 Å². The number of aromatic nitrogens is 1. The standard InChI is InChI=1S/C14H12BrClN2O/c1-9(11-4-2-3-5-12(11)16)18-14(19)13-7-6-10(15)8-17-13/h2-9H,1H3,(H,18,19). The lowest BCUT2D eigenvalue weighted by molar-refractivity contribution is 0.0935. The highest BCUT2D eigenvalue weighted by atomic mass is 79.9. The average molecular weight is 340 g/mol. The van der Waals surface area contributed by atoms with Gasteiger partial charge in [-0.1, -0.05) is 29.8 Å². The van der Waals surface area contributed by atoms with E-state index in [1.807, 2.05) is 25.1 Å². The van der Waals surface area contributed by atoms with E-state index in [1.54, 1.807) is 24.4 Å². The predicted molar refractivity (Wildman–Crippen MR) is 79.3 cm³/mol. The van der Waals surface area contributed by atoms with E-state index < -0.39 is 0 Å². The van der Waals surface area contributed by atoms with Gasteiger partial charge in [0.1, 0.15) is 5.69 Å². The van der Waals surface area contributed by atoms with Crippen molar-refractivity contribution in [1.82, 2.24) is 10.3 Å². The minimum absolute atomic E-state index is 0.174. The summed E-state index contributed by atoms with van der Waals surface area (Å²) in [4.78, 5) is 16.1. The number of amides is 1. The Labute approximate surface area is 125 Å². The van der Waals surface area contributed by atoms with Crippen LogP contribution in [-0.2, 0) is 0 Å². The molecular formula is C14H12BrClN2O. The molecule has 5 heteroatoms. The van der Waals surface area contributed by atoms with Gasteiger partial charge in [-0.05, 0) is 46.6 Å². The topological polar surface area (TPSA) is 42.0 Å². The third-order valence-corrected chi connectivity index (χ3v) is 3.49. The maximum atomic E-state index is 12.0. The van der Waals surface area contributed by atoms with E-state index >= 15 is 0 Å². The van der Waals surface area contributed by atoms with Gasteiger partial charge in [0.15, 0.2) is 0 Å². The summed E-state index contributed by atoms with van der Waals surface area (Å²) in [5.74, 6) is -0.222. The molecule has 1 heterocycles. The first-order valence-electron chi connectivity index (χ1n) is 5.75. The van der Waals surface area contributed by atoms with Gasteiger partial charge in [0.2, 0.25) is 0 Å². The van der Waals surface area contributed by atoms with Crippen LogP contribution in [0.4, 0.5) is 0 Å². The fourth-order valence-corrected chi connectivity index (χ4v) is 2.22. The molecule has 0 saturated heterocycles. The van der Waals surface area contributed by atoms with E-state index in [1.165, 1.54) is 0 Å². The molecule has 98 valence electrons. The molecule has 0 spiro atoms. The second-order valence-corrected chi connectivity index (χ2v) is 5.40. The SMILES string of the molecule is CC(NC(=O)c1ccc(Br)cn1)c1ccccc1Cl. The fraction of sp³-hybridized carbons (Fsp3) is 0.143. The molecule has 3 nitrogen and oxygen atoms in total. The summed E-state index contributed by atoms with van der Waals surface area (Å²) >= 11 is 9.38. The summed E-state index contributed by atoms with van der Waals surface area (Å²) in [5, 5.41) is 3.51. The van der Waals surface area contributed by atoms with Crippen LogP contribution in [0.2, 0.25) is 5.02 Å². The Morgan fingerprint density at radius 2 is 2.05 bits per heavy atom. The Balaban J connectivity index is 2.11. The fourth-order valence-electron chi connectivity index (χ4n) is 1.68. The van der Waals surface area contributed by atoms with Crippen LogP contribution in [0.5, 0.6) is 0 Å². The first-order valence-corrected chi connectivity index (χ1v) is 6.92. The van der Waals surface area contributed by atoms with Gasteiger partial charge in [-0.15, -0.1) is 0 Å². The molecule has 19 heavy (non-hydrogen) atoms. The van der Waals surface area contributed by atoms with Gasteiger partial charge < -0.3 is 5.32 Å². The van der Waals surface area contributed by atoms with Crippen molar-refractivity contribution < 1.29 is 4.79 Å². The van der Waals surface area contributed by atoms with Gasteiger partial charge in [0.25, 0.3) is 5.91 Å².